The molecule has 2 heteroatoms. The Morgan fingerprint density at radius 1 is 1.22 bits per heavy atom. The quantitative estimate of drug-likeness (QED) is 0.537. The lowest BCUT2D eigenvalue weighted by Gasteiger charge is -2.13. The molecule has 1 aliphatic carbocycles. The van der Waals surface area contributed by atoms with Crippen LogP contribution in [0.3, 0.4) is 0 Å². The van der Waals surface area contributed by atoms with Crippen molar-refractivity contribution >= 4 is 5.97 Å². The minimum absolute atomic E-state index is 0.0822. The standard InChI is InChI=1S/C7H12O2/c8-7(9)6-4-2-1-3-5-6/h6H,1-5H2,(H,8,9)/p+1. The highest BCUT2D eigenvalue weighted by molar-refractivity contribution is 5.71. The monoisotopic (exact) mass is 129 g/mol. The van der Waals surface area contributed by atoms with Crippen LogP contribution in [0.4, 0.5) is 0 Å². The summed E-state index contributed by atoms with van der Waals surface area (Å²) in [4.78, 5) is 8.65. The summed E-state index contributed by atoms with van der Waals surface area (Å²) in [6, 6.07) is 0. The Labute approximate surface area is 54.9 Å². The molecule has 0 aliphatic heterocycles. The second-order valence-corrected chi connectivity index (χ2v) is 2.69. The zero-order valence-electron chi connectivity index (χ0n) is 5.51. The zero-order chi connectivity index (χ0) is 6.69. The molecule has 0 atom stereocenters. The number of aliphatic hydroxyl groups excluding tert-OH is 1. The number of carboxylic acid groups (broad SMARTS) is 1. The van der Waals surface area contributed by atoms with Crippen molar-refractivity contribution in [3.63, 3.8) is 0 Å². The van der Waals surface area contributed by atoms with Gasteiger partial charge in [-0.25, -0.2) is 0 Å². The van der Waals surface area contributed by atoms with Gasteiger partial charge in [0, 0.05) is 0 Å². The van der Waals surface area contributed by atoms with Gasteiger partial charge < -0.3 is 9.90 Å². The van der Waals surface area contributed by atoms with Gasteiger partial charge in [-0.2, -0.15) is 0 Å². The minimum atomic E-state index is -0.352. The van der Waals surface area contributed by atoms with Crippen molar-refractivity contribution < 1.29 is 9.90 Å². The van der Waals surface area contributed by atoms with Crippen LogP contribution in [0.1, 0.15) is 32.1 Å². The Kier molecular flexibility index (Phi) is 2.09. The molecule has 0 radical (unpaired) electrons. The fraction of sp³-hybridized carbons (Fsp3) is 0.857. The van der Waals surface area contributed by atoms with Gasteiger partial charge in [-0.3, -0.25) is 0 Å². The summed E-state index contributed by atoms with van der Waals surface area (Å²) < 4.78 is 0. The molecule has 9 heavy (non-hydrogen) atoms. The molecule has 1 aliphatic rings. The summed E-state index contributed by atoms with van der Waals surface area (Å²) in [5.41, 5.74) is 0. The Bertz CT molecular complexity index is 103. The second-order valence-electron chi connectivity index (χ2n) is 2.69. The molecule has 2 nitrogen and oxygen atoms in total. The van der Waals surface area contributed by atoms with E-state index in [1.54, 1.807) is 0 Å². The molecule has 2 N–H and O–H groups in total. The van der Waals surface area contributed by atoms with Gasteiger partial charge in [0.25, 0.3) is 0 Å². The summed E-state index contributed by atoms with van der Waals surface area (Å²) in [6.45, 7) is 0. The van der Waals surface area contributed by atoms with Gasteiger partial charge in [-0.15, -0.1) is 0 Å². The lowest BCUT2D eigenvalue weighted by atomic mass is 9.90. The van der Waals surface area contributed by atoms with Crippen molar-refractivity contribution in [3.8, 4) is 0 Å². The van der Waals surface area contributed by atoms with E-state index in [4.69, 9.17) is 9.90 Å². The molecule has 0 aromatic heterocycles. The first-order valence-electron chi connectivity index (χ1n) is 3.55. The van der Waals surface area contributed by atoms with Crippen LogP contribution in [0, 0.1) is 5.92 Å². The Balaban J connectivity index is 2.31. The summed E-state index contributed by atoms with van der Waals surface area (Å²) in [5, 5.41) is 8.65. The number of aliphatic carboxylic acids is 1. The van der Waals surface area contributed by atoms with Crippen molar-refractivity contribution in [1.29, 1.82) is 0 Å². The van der Waals surface area contributed by atoms with Gasteiger partial charge in [0.15, 0.2) is 0 Å². The van der Waals surface area contributed by atoms with E-state index in [2.05, 4.69) is 0 Å². The van der Waals surface area contributed by atoms with Gasteiger partial charge in [0.05, 0.1) is 0 Å². The number of rotatable bonds is 1. The molecular formula is C7H13O2+. The Morgan fingerprint density at radius 3 is 2.11 bits per heavy atom. The van der Waals surface area contributed by atoms with E-state index < -0.39 is 0 Å². The topological polar surface area (TPSA) is 41.6 Å². The second kappa shape index (κ2) is 2.85. The molecular weight excluding hydrogens is 116 g/mol. The van der Waals surface area contributed by atoms with Crippen molar-refractivity contribution in [2.45, 2.75) is 32.1 Å². The van der Waals surface area contributed by atoms with Crippen LogP contribution in [0.15, 0.2) is 0 Å². The lowest BCUT2D eigenvalue weighted by Crippen LogP contribution is -2.16. The molecule has 0 bridgehead atoms. The van der Waals surface area contributed by atoms with E-state index in [0.29, 0.717) is 0 Å². The summed E-state index contributed by atoms with van der Waals surface area (Å²) in [6.07, 6.45) is 5.47. The van der Waals surface area contributed by atoms with Crippen LogP contribution < -0.4 is 0 Å². The van der Waals surface area contributed by atoms with Crippen molar-refractivity contribution in [3.05, 3.63) is 0 Å². The third-order valence-electron chi connectivity index (χ3n) is 1.97. The largest absolute Gasteiger partial charge is 0.483 e. The molecule has 52 valence electrons. The van der Waals surface area contributed by atoms with Crippen LogP contribution in [0.5, 0.6) is 0 Å². The highest BCUT2D eigenvalue weighted by Gasteiger charge is 2.24. The number of carboxylic acids is 1. The van der Waals surface area contributed by atoms with E-state index in [1.807, 2.05) is 0 Å². The van der Waals surface area contributed by atoms with Gasteiger partial charge in [0.1, 0.15) is 5.92 Å². The predicted octanol–water partition coefficient (Wildman–Crippen LogP) is 1.63. The molecule has 1 fully saturated rings. The molecule has 1 saturated carbocycles. The normalized spacial score (nSPS) is 21.8. The SMILES string of the molecule is OC(=[OH+])C1CCCCC1. The molecule has 0 aromatic rings. The third kappa shape index (κ3) is 1.70. The summed E-state index contributed by atoms with van der Waals surface area (Å²) in [5.74, 6) is -0.270. The minimum Gasteiger partial charge on any atom is -0.339 e. The first kappa shape index (κ1) is 6.59. The van der Waals surface area contributed by atoms with Crippen LogP contribution in [0.25, 0.3) is 0 Å². The van der Waals surface area contributed by atoms with E-state index >= 15 is 0 Å². The summed E-state index contributed by atoms with van der Waals surface area (Å²) >= 11 is 0. The van der Waals surface area contributed by atoms with E-state index in [9.17, 15) is 0 Å². The highest BCUT2D eigenvalue weighted by Crippen LogP contribution is 2.23. The first-order chi connectivity index (χ1) is 4.30. The average molecular weight is 129 g/mol. The fourth-order valence-electron chi connectivity index (χ4n) is 1.36. The Hall–Kier alpha value is -0.530. The first-order valence-corrected chi connectivity index (χ1v) is 3.55. The van der Waals surface area contributed by atoms with Crippen molar-refractivity contribution in [2.24, 2.45) is 5.92 Å². The fourth-order valence-corrected chi connectivity index (χ4v) is 1.36. The molecule has 0 unspecified atom stereocenters. The number of hydrogen-bond donors (Lipinski definition) is 1. The third-order valence-corrected chi connectivity index (χ3v) is 1.97. The molecule has 1 rings (SSSR count). The molecule has 0 aromatic carbocycles. The van der Waals surface area contributed by atoms with Crippen LogP contribution in [0.2, 0.25) is 0 Å². The van der Waals surface area contributed by atoms with Gasteiger partial charge in [-0.05, 0) is 12.8 Å². The van der Waals surface area contributed by atoms with Gasteiger partial charge in [-0.1, -0.05) is 19.3 Å². The van der Waals surface area contributed by atoms with Gasteiger partial charge in [0.2, 0.25) is 0 Å². The Morgan fingerprint density at radius 2 is 1.78 bits per heavy atom. The number of hydrogen-bond acceptors (Lipinski definition) is 0. The van der Waals surface area contributed by atoms with Crippen LogP contribution in [-0.4, -0.2) is 15.9 Å². The van der Waals surface area contributed by atoms with Crippen molar-refractivity contribution in [2.75, 3.05) is 0 Å². The predicted molar refractivity (Wildman–Crippen MR) is 36.1 cm³/mol. The van der Waals surface area contributed by atoms with Crippen molar-refractivity contribution in [1.82, 2.24) is 0 Å². The maximum absolute atomic E-state index is 8.65. The molecule has 0 heterocycles. The zero-order valence-corrected chi connectivity index (χ0v) is 5.51. The van der Waals surface area contributed by atoms with Crippen LogP contribution >= 0.6 is 0 Å². The van der Waals surface area contributed by atoms with E-state index in [1.165, 1.54) is 6.42 Å². The lowest BCUT2D eigenvalue weighted by molar-refractivity contribution is 0.338. The highest BCUT2D eigenvalue weighted by atomic mass is 16.4. The maximum Gasteiger partial charge on any atom is 0.483 e. The smallest absolute Gasteiger partial charge is 0.339 e. The molecule has 0 saturated heterocycles. The van der Waals surface area contributed by atoms with E-state index in [0.717, 1.165) is 25.7 Å². The van der Waals surface area contributed by atoms with Gasteiger partial charge >= 0.3 is 5.97 Å². The summed E-state index contributed by atoms with van der Waals surface area (Å²) in [7, 11) is 0. The average Bonchev–Trinajstić information content (AvgIpc) is 1.90. The molecule has 0 amide bonds. The maximum atomic E-state index is 8.65. The van der Waals surface area contributed by atoms with Crippen LogP contribution in [-0.2, 0) is 0 Å². The molecule has 0 spiro atoms. The van der Waals surface area contributed by atoms with E-state index in [-0.39, 0.29) is 11.9 Å².